The van der Waals surface area contributed by atoms with Gasteiger partial charge >= 0.3 is 0 Å². The molecule has 0 saturated heterocycles. The van der Waals surface area contributed by atoms with Gasteiger partial charge in [-0.1, -0.05) is 24.3 Å². The molecule has 3 nitrogen and oxygen atoms in total. The molecule has 19 heavy (non-hydrogen) atoms. The highest BCUT2D eigenvalue weighted by atomic mass is 32.1. The van der Waals surface area contributed by atoms with E-state index in [1.54, 1.807) is 6.07 Å². The average molecular weight is 274 g/mol. The number of amides is 1. The maximum absolute atomic E-state index is 11.8. The summed E-state index contributed by atoms with van der Waals surface area (Å²) in [6, 6.07) is 3.65. The second-order valence-corrected chi connectivity index (χ2v) is 5.79. The first-order valence-corrected chi connectivity index (χ1v) is 7.19. The number of hydrogen-bond acceptors (Lipinski definition) is 3. The molecule has 1 aliphatic carbocycles. The Labute approximate surface area is 117 Å². The highest BCUT2D eigenvalue weighted by Crippen LogP contribution is 2.26. The van der Waals surface area contributed by atoms with E-state index in [0.29, 0.717) is 10.8 Å². The lowest BCUT2D eigenvalue weighted by atomic mass is 9.85. The lowest BCUT2D eigenvalue weighted by molar-refractivity contribution is 0.0959. The Hall–Kier alpha value is -1.68. The normalized spacial score (nSPS) is 21.1. The Morgan fingerprint density at radius 2 is 2.37 bits per heavy atom. The van der Waals surface area contributed by atoms with E-state index in [2.05, 4.69) is 23.2 Å². The molecule has 0 bridgehead atoms. The van der Waals surface area contributed by atoms with Crippen LogP contribution in [-0.4, -0.2) is 11.6 Å². The molecule has 1 atom stereocenters. The standard InChI is InChI=1S/C15H18N2OS/c1-10(2)12-7-6-11(3)13(9-12)16-17-15(18)14-5-4-8-19-14/h4-6,8,12H,1,7,9H2,2-3H3,(H,17,18)/b16-13-/t12-/m1/s1. The van der Waals surface area contributed by atoms with Crippen LogP contribution >= 0.6 is 11.3 Å². The summed E-state index contributed by atoms with van der Waals surface area (Å²) in [5.74, 6) is 0.286. The molecular formula is C15H18N2OS. The number of allylic oxidation sites excluding steroid dienone is 3. The van der Waals surface area contributed by atoms with Crippen LogP contribution in [0.5, 0.6) is 0 Å². The van der Waals surface area contributed by atoms with E-state index in [1.807, 2.05) is 25.3 Å². The summed E-state index contributed by atoms with van der Waals surface area (Å²) < 4.78 is 0. The van der Waals surface area contributed by atoms with Gasteiger partial charge < -0.3 is 0 Å². The van der Waals surface area contributed by atoms with Crippen molar-refractivity contribution >= 4 is 23.0 Å². The number of rotatable bonds is 3. The maximum Gasteiger partial charge on any atom is 0.281 e. The molecule has 0 aliphatic heterocycles. The minimum atomic E-state index is -0.146. The molecular weight excluding hydrogens is 256 g/mol. The van der Waals surface area contributed by atoms with E-state index in [9.17, 15) is 4.79 Å². The molecule has 4 heteroatoms. The molecule has 1 aromatic rings. The summed E-state index contributed by atoms with van der Waals surface area (Å²) in [5, 5.41) is 6.15. The van der Waals surface area contributed by atoms with Gasteiger partial charge in [0.1, 0.15) is 0 Å². The van der Waals surface area contributed by atoms with E-state index in [-0.39, 0.29) is 5.91 Å². The van der Waals surface area contributed by atoms with Crippen LogP contribution in [0.1, 0.15) is 36.4 Å². The monoisotopic (exact) mass is 274 g/mol. The number of nitrogens with one attached hydrogen (secondary N) is 1. The van der Waals surface area contributed by atoms with Crippen LogP contribution in [0, 0.1) is 5.92 Å². The number of nitrogens with zero attached hydrogens (tertiary/aromatic N) is 1. The summed E-state index contributed by atoms with van der Waals surface area (Å²) in [6.07, 6.45) is 4.03. The first-order chi connectivity index (χ1) is 9.08. The second-order valence-electron chi connectivity index (χ2n) is 4.85. The zero-order valence-corrected chi connectivity index (χ0v) is 12.1. The molecule has 2 rings (SSSR count). The Balaban J connectivity index is 2.06. The van der Waals surface area contributed by atoms with Gasteiger partial charge in [0.2, 0.25) is 0 Å². The van der Waals surface area contributed by atoms with Gasteiger partial charge in [-0.2, -0.15) is 5.10 Å². The number of carbonyl (C=O) groups excluding carboxylic acids is 1. The number of hydrazone groups is 1. The summed E-state index contributed by atoms with van der Waals surface area (Å²) in [4.78, 5) is 12.5. The molecule has 1 amide bonds. The number of carbonyl (C=O) groups is 1. The third kappa shape index (κ3) is 3.41. The number of thiophene rings is 1. The topological polar surface area (TPSA) is 41.5 Å². The minimum absolute atomic E-state index is 0.146. The fraction of sp³-hybridized carbons (Fsp3) is 0.333. The molecule has 0 spiro atoms. The molecule has 1 N–H and O–H groups in total. The van der Waals surface area contributed by atoms with E-state index >= 15 is 0 Å². The SMILES string of the molecule is C=C(C)[C@@H]1CC=C(C)/C(=N\NC(=O)c2cccs2)C1. The minimum Gasteiger partial charge on any atom is -0.266 e. The van der Waals surface area contributed by atoms with E-state index in [0.717, 1.165) is 24.1 Å². The van der Waals surface area contributed by atoms with E-state index < -0.39 is 0 Å². The van der Waals surface area contributed by atoms with Crippen LogP contribution in [-0.2, 0) is 0 Å². The van der Waals surface area contributed by atoms with Crippen LogP contribution in [0.3, 0.4) is 0 Å². The van der Waals surface area contributed by atoms with Crippen molar-refractivity contribution < 1.29 is 4.79 Å². The van der Waals surface area contributed by atoms with Crippen LogP contribution in [0.4, 0.5) is 0 Å². The Morgan fingerprint density at radius 3 is 3.00 bits per heavy atom. The van der Waals surface area contributed by atoms with E-state index in [1.165, 1.54) is 16.9 Å². The van der Waals surface area contributed by atoms with Crippen molar-refractivity contribution in [3.8, 4) is 0 Å². The lowest BCUT2D eigenvalue weighted by Gasteiger charge is -2.22. The lowest BCUT2D eigenvalue weighted by Crippen LogP contribution is -2.22. The fourth-order valence-electron chi connectivity index (χ4n) is 2.00. The van der Waals surface area contributed by atoms with Gasteiger partial charge in [-0.3, -0.25) is 4.79 Å². The van der Waals surface area contributed by atoms with Gasteiger partial charge in [-0.05, 0) is 49.6 Å². The Kier molecular flexibility index (Phi) is 4.32. The Bertz CT molecular complexity index is 541. The first kappa shape index (κ1) is 13.7. The van der Waals surface area contributed by atoms with Crippen LogP contribution in [0.15, 0.2) is 46.4 Å². The van der Waals surface area contributed by atoms with Crippen LogP contribution in [0.2, 0.25) is 0 Å². The second kappa shape index (κ2) is 5.97. The zero-order valence-electron chi connectivity index (χ0n) is 11.3. The largest absolute Gasteiger partial charge is 0.281 e. The first-order valence-electron chi connectivity index (χ1n) is 6.31. The van der Waals surface area contributed by atoms with Crippen molar-refractivity contribution in [2.75, 3.05) is 0 Å². The van der Waals surface area contributed by atoms with Gasteiger partial charge in [-0.15, -0.1) is 11.3 Å². The van der Waals surface area contributed by atoms with Crippen molar-refractivity contribution in [1.82, 2.24) is 5.43 Å². The summed E-state index contributed by atoms with van der Waals surface area (Å²) in [5.41, 5.74) is 5.89. The molecule has 1 aromatic heterocycles. The predicted molar refractivity (Wildman–Crippen MR) is 80.5 cm³/mol. The van der Waals surface area contributed by atoms with Crippen molar-refractivity contribution in [3.05, 3.63) is 46.2 Å². The number of hydrogen-bond donors (Lipinski definition) is 1. The molecule has 0 radical (unpaired) electrons. The van der Waals surface area contributed by atoms with Crippen LogP contribution in [0.25, 0.3) is 0 Å². The van der Waals surface area contributed by atoms with Gasteiger partial charge in [0, 0.05) is 0 Å². The van der Waals surface area contributed by atoms with Crippen molar-refractivity contribution in [2.24, 2.45) is 11.0 Å². The molecule has 1 heterocycles. The zero-order chi connectivity index (χ0) is 13.8. The maximum atomic E-state index is 11.8. The third-order valence-corrected chi connectivity index (χ3v) is 4.21. The molecule has 0 unspecified atom stereocenters. The van der Waals surface area contributed by atoms with Crippen molar-refractivity contribution in [2.45, 2.75) is 26.7 Å². The van der Waals surface area contributed by atoms with Gasteiger partial charge in [0.25, 0.3) is 5.91 Å². The molecule has 0 aromatic carbocycles. The highest BCUT2D eigenvalue weighted by Gasteiger charge is 2.18. The quantitative estimate of drug-likeness (QED) is 0.661. The molecule has 100 valence electrons. The van der Waals surface area contributed by atoms with Gasteiger partial charge in [-0.25, -0.2) is 5.43 Å². The predicted octanol–water partition coefficient (Wildman–Crippen LogP) is 3.77. The van der Waals surface area contributed by atoms with Gasteiger partial charge in [0.15, 0.2) is 0 Å². The van der Waals surface area contributed by atoms with E-state index in [4.69, 9.17) is 0 Å². The molecule has 1 aliphatic rings. The molecule has 0 saturated carbocycles. The third-order valence-electron chi connectivity index (χ3n) is 3.34. The van der Waals surface area contributed by atoms with Crippen molar-refractivity contribution in [1.29, 1.82) is 0 Å². The van der Waals surface area contributed by atoms with Crippen molar-refractivity contribution in [3.63, 3.8) is 0 Å². The Morgan fingerprint density at radius 1 is 1.58 bits per heavy atom. The fourth-order valence-corrected chi connectivity index (χ4v) is 2.62. The summed E-state index contributed by atoms with van der Waals surface area (Å²) in [7, 11) is 0. The van der Waals surface area contributed by atoms with Crippen LogP contribution < -0.4 is 5.43 Å². The summed E-state index contributed by atoms with van der Waals surface area (Å²) in [6.45, 7) is 8.08. The smallest absolute Gasteiger partial charge is 0.266 e. The highest BCUT2D eigenvalue weighted by molar-refractivity contribution is 7.12. The molecule has 0 fully saturated rings. The van der Waals surface area contributed by atoms with Gasteiger partial charge in [0.05, 0.1) is 10.6 Å². The summed E-state index contributed by atoms with van der Waals surface area (Å²) >= 11 is 1.41. The average Bonchev–Trinajstić information content (AvgIpc) is 2.91.